The molecule has 11 heteroatoms. The highest BCUT2D eigenvalue weighted by molar-refractivity contribution is 5.90. The molecule has 0 spiro atoms. The van der Waals surface area contributed by atoms with Crippen LogP contribution in [0.4, 0.5) is 18.0 Å². The number of carboxylic acids is 1. The van der Waals surface area contributed by atoms with Gasteiger partial charge in [0.15, 0.2) is 6.10 Å². The molecule has 0 aromatic heterocycles. The summed E-state index contributed by atoms with van der Waals surface area (Å²) < 4.78 is 50.3. The van der Waals surface area contributed by atoms with Crippen molar-refractivity contribution in [2.75, 3.05) is 13.2 Å². The Morgan fingerprint density at radius 3 is 2.17 bits per heavy atom. The summed E-state index contributed by atoms with van der Waals surface area (Å²) in [5.74, 6) is -3.76. The Morgan fingerprint density at radius 2 is 1.63 bits per heavy atom. The van der Waals surface area contributed by atoms with E-state index in [0.717, 1.165) is 22.3 Å². The number of benzene rings is 2. The molecule has 1 fully saturated rings. The fraction of sp³-hybridized carbons (Fsp3) is 0.375. The van der Waals surface area contributed by atoms with E-state index in [-0.39, 0.29) is 25.6 Å². The van der Waals surface area contributed by atoms with Crippen molar-refractivity contribution in [3.8, 4) is 11.1 Å². The number of fused-ring (bicyclic) bond motifs is 3. The van der Waals surface area contributed by atoms with Crippen molar-refractivity contribution < 1.29 is 42.1 Å². The predicted octanol–water partition coefficient (Wildman–Crippen LogP) is 3.20. The number of carboxylic acid groups (broad SMARTS) is 1. The molecule has 2 amide bonds. The van der Waals surface area contributed by atoms with E-state index in [1.54, 1.807) is 0 Å². The highest BCUT2D eigenvalue weighted by atomic mass is 19.4. The molecule has 2 aliphatic rings. The van der Waals surface area contributed by atoms with Crippen molar-refractivity contribution in [1.82, 2.24) is 10.6 Å². The number of hydrogen-bond acceptors (Lipinski definition) is 5. The Bertz CT molecular complexity index is 1110. The molecular formula is C24H23F3N2O6. The molecule has 0 radical (unpaired) electrons. The number of ether oxygens (including phenoxy) is 2. The molecule has 1 aliphatic carbocycles. The highest BCUT2D eigenvalue weighted by Crippen LogP contribution is 2.44. The van der Waals surface area contributed by atoms with Gasteiger partial charge in [-0.15, -0.1) is 0 Å². The predicted molar refractivity (Wildman–Crippen MR) is 117 cm³/mol. The van der Waals surface area contributed by atoms with Crippen molar-refractivity contribution in [3.05, 3.63) is 59.7 Å². The topological polar surface area (TPSA) is 114 Å². The Labute approximate surface area is 198 Å². The Morgan fingerprint density at radius 1 is 1.06 bits per heavy atom. The van der Waals surface area contributed by atoms with Gasteiger partial charge < -0.3 is 25.2 Å². The number of rotatable bonds is 6. The minimum Gasteiger partial charge on any atom is -0.479 e. The molecule has 4 rings (SSSR count). The number of carbonyl (C=O) groups excluding carboxylic acids is 2. The summed E-state index contributed by atoms with van der Waals surface area (Å²) in [6.07, 6.45) is -7.48. The maximum atomic E-state index is 13.2. The van der Waals surface area contributed by atoms with Gasteiger partial charge in [0.05, 0.1) is 6.04 Å². The quantitative estimate of drug-likeness (QED) is 0.571. The number of halogens is 3. The molecule has 3 atom stereocenters. The largest absolute Gasteiger partial charge is 0.479 e. The van der Waals surface area contributed by atoms with Gasteiger partial charge in [-0.2, -0.15) is 13.2 Å². The molecule has 1 heterocycles. The summed E-state index contributed by atoms with van der Waals surface area (Å²) in [4.78, 5) is 36.2. The van der Waals surface area contributed by atoms with E-state index in [1.165, 1.54) is 5.32 Å². The first-order valence-corrected chi connectivity index (χ1v) is 10.9. The summed E-state index contributed by atoms with van der Waals surface area (Å²) in [6, 6.07) is 14.5. The lowest BCUT2D eigenvalue weighted by Gasteiger charge is -2.30. The summed E-state index contributed by atoms with van der Waals surface area (Å²) in [5.41, 5.74) is 0.587. The zero-order valence-electron chi connectivity index (χ0n) is 18.6. The number of carbonyl (C=O) groups is 3. The molecule has 2 aromatic carbocycles. The number of aliphatic carboxylic acids is 1. The summed E-state index contributed by atoms with van der Waals surface area (Å²) in [7, 11) is 0. The first-order valence-electron chi connectivity index (χ1n) is 10.9. The lowest BCUT2D eigenvalue weighted by Crippen LogP contribution is -2.64. The van der Waals surface area contributed by atoms with E-state index in [4.69, 9.17) is 14.6 Å². The third-order valence-corrected chi connectivity index (χ3v) is 6.36. The smallest absolute Gasteiger partial charge is 0.422 e. The zero-order valence-corrected chi connectivity index (χ0v) is 18.6. The molecule has 2 aromatic rings. The van der Waals surface area contributed by atoms with Crippen molar-refractivity contribution >= 4 is 18.0 Å². The monoisotopic (exact) mass is 492 g/mol. The second-order valence-corrected chi connectivity index (χ2v) is 8.57. The van der Waals surface area contributed by atoms with Gasteiger partial charge in [-0.25, -0.2) is 9.59 Å². The van der Waals surface area contributed by atoms with Crippen LogP contribution in [0.25, 0.3) is 11.1 Å². The Hall–Kier alpha value is -3.60. The Kier molecular flexibility index (Phi) is 6.46. The van der Waals surface area contributed by atoms with Gasteiger partial charge in [0.25, 0.3) is 5.91 Å². The van der Waals surface area contributed by atoms with Gasteiger partial charge in [-0.05, 0) is 35.6 Å². The molecule has 186 valence electrons. The third kappa shape index (κ3) is 4.55. The molecule has 8 nitrogen and oxygen atoms in total. The molecule has 35 heavy (non-hydrogen) atoms. The molecule has 0 saturated carbocycles. The maximum Gasteiger partial charge on any atom is 0.422 e. The van der Waals surface area contributed by atoms with Gasteiger partial charge in [-0.1, -0.05) is 48.5 Å². The van der Waals surface area contributed by atoms with E-state index < -0.39 is 41.8 Å². The molecular weight excluding hydrogens is 469 g/mol. The first-order chi connectivity index (χ1) is 16.5. The summed E-state index contributed by atoms with van der Waals surface area (Å²) in [6.45, 7) is 0.341. The fourth-order valence-electron chi connectivity index (χ4n) is 4.35. The molecule has 1 aliphatic heterocycles. The second kappa shape index (κ2) is 9.21. The lowest BCUT2D eigenvalue weighted by molar-refractivity contribution is -0.208. The van der Waals surface area contributed by atoms with Crippen LogP contribution in [0.3, 0.4) is 0 Å². The van der Waals surface area contributed by atoms with E-state index in [0.29, 0.717) is 6.92 Å². The number of nitrogens with one attached hydrogen (secondary N) is 2. The summed E-state index contributed by atoms with van der Waals surface area (Å²) >= 11 is 0. The van der Waals surface area contributed by atoms with Crippen LogP contribution in [-0.4, -0.2) is 60.2 Å². The van der Waals surface area contributed by atoms with Crippen LogP contribution in [0.5, 0.6) is 0 Å². The van der Waals surface area contributed by atoms with Gasteiger partial charge in [-0.3, -0.25) is 4.79 Å². The number of hydrogen-bond donors (Lipinski definition) is 3. The second-order valence-electron chi connectivity index (χ2n) is 8.57. The van der Waals surface area contributed by atoms with E-state index in [2.05, 4.69) is 5.32 Å². The van der Waals surface area contributed by atoms with Crippen LogP contribution in [-0.2, 0) is 19.1 Å². The normalized spacial score (nSPS) is 20.9. The van der Waals surface area contributed by atoms with Crippen LogP contribution in [0, 0.1) is 0 Å². The minimum atomic E-state index is -5.25. The van der Waals surface area contributed by atoms with Crippen molar-refractivity contribution in [2.24, 2.45) is 0 Å². The van der Waals surface area contributed by atoms with Crippen molar-refractivity contribution in [3.63, 3.8) is 0 Å². The molecule has 1 saturated heterocycles. The maximum absolute atomic E-state index is 13.2. The Balaban J connectivity index is 1.40. The van der Waals surface area contributed by atoms with Crippen LogP contribution in [0.1, 0.15) is 30.4 Å². The third-order valence-electron chi connectivity index (χ3n) is 6.36. The van der Waals surface area contributed by atoms with E-state index in [1.807, 2.05) is 48.5 Å². The highest BCUT2D eigenvalue weighted by Gasteiger charge is 2.59. The average molecular weight is 492 g/mol. The van der Waals surface area contributed by atoms with Crippen LogP contribution >= 0.6 is 0 Å². The molecule has 3 N–H and O–H groups in total. The average Bonchev–Trinajstić information content (AvgIpc) is 3.39. The van der Waals surface area contributed by atoms with Crippen LogP contribution in [0.15, 0.2) is 48.5 Å². The lowest BCUT2D eigenvalue weighted by atomic mass is 9.98. The van der Waals surface area contributed by atoms with Gasteiger partial charge >= 0.3 is 18.2 Å². The van der Waals surface area contributed by atoms with Gasteiger partial charge in [0.2, 0.25) is 5.54 Å². The van der Waals surface area contributed by atoms with Crippen LogP contribution < -0.4 is 10.6 Å². The number of alkyl halides is 3. The van der Waals surface area contributed by atoms with Gasteiger partial charge in [0.1, 0.15) is 6.61 Å². The van der Waals surface area contributed by atoms with Crippen molar-refractivity contribution in [1.29, 1.82) is 0 Å². The van der Waals surface area contributed by atoms with Gasteiger partial charge in [0, 0.05) is 12.5 Å². The van der Waals surface area contributed by atoms with E-state index >= 15 is 0 Å². The van der Waals surface area contributed by atoms with Crippen molar-refractivity contribution in [2.45, 2.75) is 43.1 Å². The number of alkyl carbamates (subject to hydrolysis) is 1. The zero-order chi connectivity index (χ0) is 25.4. The molecule has 0 bridgehead atoms. The first kappa shape index (κ1) is 24.5. The van der Waals surface area contributed by atoms with E-state index in [9.17, 15) is 27.6 Å². The summed E-state index contributed by atoms with van der Waals surface area (Å²) in [5, 5.41) is 13.0. The minimum absolute atomic E-state index is 0.00938. The van der Waals surface area contributed by atoms with Crippen LogP contribution in [0.2, 0.25) is 0 Å². The molecule has 1 unspecified atom stereocenters. The fourth-order valence-corrected chi connectivity index (χ4v) is 4.35. The standard InChI is InChI=1S/C24H23F3N2O6/c1-23(21(31)32,24(25,26)27)29-20(30)19-18(10-11-34-19)28-22(33)35-12-17-15-8-4-2-6-13(15)14-7-3-5-9-16(14)17/h2-9,17-19H,10-12H2,1H3,(H,28,33)(H,29,30)(H,31,32)/t18-,19+,23?/m0/s1. The SMILES string of the molecule is CC(NC(=O)[C@@H]1OCC[C@@H]1NC(=O)OCC1c2ccccc2-c2ccccc21)(C(=O)O)C(F)(F)F. The number of amides is 2.